The molecule has 0 bridgehead atoms. The van der Waals surface area contributed by atoms with Crippen molar-refractivity contribution in [1.82, 2.24) is 5.32 Å². The Kier molecular flexibility index (Phi) is 4.58. The van der Waals surface area contributed by atoms with Gasteiger partial charge in [-0.2, -0.15) is 0 Å². The lowest BCUT2D eigenvalue weighted by Crippen LogP contribution is -2.26. The van der Waals surface area contributed by atoms with Crippen LogP contribution in [0.1, 0.15) is 20.8 Å². The van der Waals surface area contributed by atoms with Crippen molar-refractivity contribution >= 4 is 17.2 Å². The van der Waals surface area contributed by atoms with Gasteiger partial charge in [0.1, 0.15) is 5.75 Å². The third kappa shape index (κ3) is 3.58. The first-order valence-electron chi connectivity index (χ1n) is 6.16. The van der Waals surface area contributed by atoms with Gasteiger partial charge in [0.2, 0.25) is 0 Å². The van der Waals surface area contributed by atoms with Gasteiger partial charge in [0.05, 0.1) is 12.7 Å². The fraction of sp³-hybridized carbons (Fsp3) is 0.267. The van der Waals surface area contributed by atoms with E-state index in [0.717, 1.165) is 12.0 Å². The van der Waals surface area contributed by atoms with Crippen molar-refractivity contribution in [2.45, 2.75) is 13.3 Å². The third-order valence-electron chi connectivity index (χ3n) is 2.84. The summed E-state index contributed by atoms with van der Waals surface area (Å²) in [6.07, 6.45) is 0.859. The molecule has 0 saturated heterocycles. The van der Waals surface area contributed by atoms with Crippen LogP contribution in [0, 0.1) is 6.92 Å². The average molecular weight is 275 g/mol. The molecule has 0 aliphatic carbocycles. The van der Waals surface area contributed by atoms with Gasteiger partial charge < -0.3 is 10.1 Å². The Morgan fingerprint density at radius 2 is 2.21 bits per heavy atom. The van der Waals surface area contributed by atoms with Crippen molar-refractivity contribution in [3.8, 4) is 5.75 Å². The van der Waals surface area contributed by atoms with E-state index < -0.39 is 0 Å². The summed E-state index contributed by atoms with van der Waals surface area (Å²) in [7, 11) is 1.58. The zero-order valence-electron chi connectivity index (χ0n) is 11.1. The summed E-state index contributed by atoms with van der Waals surface area (Å²) >= 11 is 1.70. The number of hydrogen-bond acceptors (Lipinski definition) is 3. The number of carbonyl (C=O) groups excluding carboxylic acids is 1. The van der Waals surface area contributed by atoms with E-state index in [4.69, 9.17) is 4.74 Å². The van der Waals surface area contributed by atoms with Gasteiger partial charge in [-0.05, 0) is 36.9 Å². The molecule has 0 aliphatic rings. The number of thiophene rings is 1. The van der Waals surface area contributed by atoms with E-state index in [2.05, 4.69) is 11.4 Å². The molecule has 1 aromatic carbocycles. The predicted molar refractivity (Wildman–Crippen MR) is 78.1 cm³/mol. The first kappa shape index (κ1) is 13.6. The Hall–Kier alpha value is -1.81. The van der Waals surface area contributed by atoms with E-state index >= 15 is 0 Å². The molecule has 19 heavy (non-hydrogen) atoms. The molecule has 0 aliphatic heterocycles. The maximum absolute atomic E-state index is 12.1. The molecule has 4 heteroatoms. The van der Waals surface area contributed by atoms with Crippen molar-refractivity contribution in [2.75, 3.05) is 13.7 Å². The van der Waals surface area contributed by atoms with Crippen molar-refractivity contribution in [1.29, 1.82) is 0 Å². The van der Waals surface area contributed by atoms with Crippen LogP contribution in [0.25, 0.3) is 0 Å². The minimum absolute atomic E-state index is 0.0860. The van der Waals surface area contributed by atoms with Gasteiger partial charge in [-0.1, -0.05) is 17.7 Å². The lowest BCUT2D eigenvalue weighted by molar-refractivity contribution is 0.0951. The van der Waals surface area contributed by atoms with E-state index in [1.807, 2.05) is 36.6 Å². The van der Waals surface area contributed by atoms with Crippen molar-refractivity contribution < 1.29 is 9.53 Å². The fourth-order valence-electron chi connectivity index (χ4n) is 1.85. The molecule has 1 aromatic heterocycles. The molecule has 0 saturated carbocycles. The largest absolute Gasteiger partial charge is 0.496 e. The second-order valence-corrected chi connectivity index (χ2v) is 5.32. The lowest BCUT2D eigenvalue weighted by Gasteiger charge is -2.09. The third-order valence-corrected chi connectivity index (χ3v) is 3.77. The lowest BCUT2D eigenvalue weighted by atomic mass is 10.1. The van der Waals surface area contributed by atoms with E-state index in [0.29, 0.717) is 17.9 Å². The normalized spacial score (nSPS) is 10.2. The van der Waals surface area contributed by atoms with Crippen LogP contribution in [0.5, 0.6) is 5.75 Å². The molecule has 1 amide bonds. The van der Waals surface area contributed by atoms with Gasteiger partial charge in [-0.25, -0.2) is 0 Å². The number of hydrogen-bond donors (Lipinski definition) is 1. The number of amides is 1. The Bertz CT molecular complexity index is 549. The summed E-state index contributed by atoms with van der Waals surface area (Å²) in [5.74, 6) is 0.524. The van der Waals surface area contributed by atoms with Gasteiger partial charge in [-0.15, -0.1) is 11.3 Å². The molecule has 100 valence electrons. The molecule has 0 unspecified atom stereocenters. The number of methoxy groups -OCH3 is 1. The van der Waals surface area contributed by atoms with Crippen LogP contribution in [0.2, 0.25) is 0 Å². The first-order valence-corrected chi connectivity index (χ1v) is 7.04. The van der Waals surface area contributed by atoms with Gasteiger partial charge >= 0.3 is 0 Å². The molecular weight excluding hydrogens is 258 g/mol. The predicted octanol–water partition coefficient (Wildman–Crippen LogP) is 3.04. The Morgan fingerprint density at radius 3 is 2.89 bits per heavy atom. The monoisotopic (exact) mass is 275 g/mol. The minimum atomic E-state index is -0.0860. The number of benzene rings is 1. The molecule has 0 spiro atoms. The van der Waals surface area contributed by atoms with Gasteiger partial charge in [0.15, 0.2) is 0 Å². The second kappa shape index (κ2) is 6.38. The summed E-state index contributed by atoms with van der Waals surface area (Å²) in [5, 5.41) is 4.97. The molecule has 0 atom stereocenters. The van der Waals surface area contributed by atoms with Crippen molar-refractivity contribution in [2.24, 2.45) is 0 Å². The highest BCUT2D eigenvalue weighted by Crippen LogP contribution is 2.19. The summed E-state index contributed by atoms with van der Waals surface area (Å²) in [6, 6.07) is 9.69. The zero-order valence-corrected chi connectivity index (χ0v) is 11.9. The van der Waals surface area contributed by atoms with Gasteiger partial charge in [0, 0.05) is 11.4 Å². The summed E-state index contributed by atoms with van der Waals surface area (Å²) in [6.45, 7) is 2.60. The van der Waals surface area contributed by atoms with Crippen molar-refractivity contribution in [3.05, 3.63) is 51.7 Å². The van der Waals surface area contributed by atoms with Crippen LogP contribution < -0.4 is 10.1 Å². The van der Waals surface area contributed by atoms with Crippen LogP contribution in [-0.4, -0.2) is 19.6 Å². The average Bonchev–Trinajstić information content (AvgIpc) is 2.91. The Labute approximate surface area is 117 Å². The molecule has 3 nitrogen and oxygen atoms in total. The molecular formula is C15H17NO2S. The highest BCUT2D eigenvalue weighted by molar-refractivity contribution is 7.09. The zero-order chi connectivity index (χ0) is 13.7. The maximum Gasteiger partial charge on any atom is 0.255 e. The van der Waals surface area contributed by atoms with E-state index in [1.165, 1.54) is 4.88 Å². The molecule has 2 aromatic rings. The SMILES string of the molecule is COc1ccc(C)cc1C(=O)NCCc1cccs1. The second-order valence-electron chi connectivity index (χ2n) is 4.29. The highest BCUT2D eigenvalue weighted by atomic mass is 32.1. The number of aryl methyl sites for hydroxylation is 1. The van der Waals surface area contributed by atoms with Crippen molar-refractivity contribution in [3.63, 3.8) is 0 Å². The smallest absolute Gasteiger partial charge is 0.255 e. The van der Waals surface area contributed by atoms with Gasteiger partial charge in [-0.3, -0.25) is 4.79 Å². The molecule has 1 N–H and O–H groups in total. The quantitative estimate of drug-likeness (QED) is 0.911. The molecule has 0 radical (unpaired) electrons. The highest BCUT2D eigenvalue weighted by Gasteiger charge is 2.11. The molecule has 0 fully saturated rings. The number of ether oxygens (including phenoxy) is 1. The number of rotatable bonds is 5. The standard InChI is InChI=1S/C15H17NO2S/c1-11-5-6-14(18-2)13(10-11)15(17)16-8-7-12-4-3-9-19-12/h3-6,9-10H,7-8H2,1-2H3,(H,16,17). The van der Waals surface area contributed by atoms with Crippen LogP contribution in [-0.2, 0) is 6.42 Å². The van der Waals surface area contributed by atoms with Crippen LogP contribution in [0.15, 0.2) is 35.7 Å². The van der Waals surface area contributed by atoms with E-state index in [-0.39, 0.29) is 5.91 Å². The summed E-state index contributed by atoms with van der Waals surface area (Å²) < 4.78 is 5.21. The Morgan fingerprint density at radius 1 is 1.37 bits per heavy atom. The first-order chi connectivity index (χ1) is 9.20. The summed E-state index contributed by atoms with van der Waals surface area (Å²) in [5.41, 5.74) is 1.64. The Balaban J connectivity index is 1.97. The number of nitrogens with one attached hydrogen (secondary N) is 1. The summed E-state index contributed by atoms with van der Waals surface area (Å²) in [4.78, 5) is 13.4. The fourth-order valence-corrected chi connectivity index (χ4v) is 2.56. The minimum Gasteiger partial charge on any atom is -0.496 e. The van der Waals surface area contributed by atoms with Crippen LogP contribution in [0.4, 0.5) is 0 Å². The molecule has 1 heterocycles. The van der Waals surface area contributed by atoms with Crippen LogP contribution in [0.3, 0.4) is 0 Å². The van der Waals surface area contributed by atoms with E-state index in [1.54, 1.807) is 18.4 Å². The van der Waals surface area contributed by atoms with E-state index in [9.17, 15) is 4.79 Å². The molecule has 2 rings (SSSR count). The topological polar surface area (TPSA) is 38.3 Å². The van der Waals surface area contributed by atoms with Gasteiger partial charge in [0.25, 0.3) is 5.91 Å². The maximum atomic E-state index is 12.1. The number of carbonyl (C=O) groups is 1. The van der Waals surface area contributed by atoms with Crippen LogP contribution >= 0.6 is 11.3 Å².